The van der Waals surface area contributed by atoms with Gasteiger partial charge in [-0.3, -0.25) is 9.78 Å². The molecule has 2 aromatic carbocycles. The highest BCUT2D eigenvalue weighted by Crippen LogP contribution is 2.47. The molecule has 1 saturated carbocycles. The van der Waals surface area contributed by atoms with Gasteiger partial charge < -0.3 is 37.9 Å². The molecule has 1 N–H and O–H groups in total. The number of anilines is 1. The number of likely N-dealkylation sites (tertiary alicyclic amines) is 1. The van der Waals surface area contributed by atoms with E-state index in [1.165, 1.54) is 11.1 Å². The number of carbonyl (C=O) groups is 2. The molecule has 3 amide bonds. The largest absolute Gasteiger partial charge is 0.490 e. The number of ether oxygens (including phenoxy) is 3. The highest BCUT2D eigenvalue weighted by molar-refractivity contribution is 7.75. The number of rotatable bonds is 4. The van der Waals surface area contributed by atoms with Crippen molar-refractivity contribution in [3.05, 3.63) is 94.8 Å². The molecule has 1 saturated heterocycles. The van der Waals surface area contributed by atoms with Gasteiger partial charge in [-0.15, -0.1) is 0 Å². The molecular formula is C41H47ClN5O6S-. The molecule has 286 valence electrons. The predicted molar refractivity (Wildman–Crippen MR) is 208 cm³/mol. The lowest BCUT2D eigenvalue weighted by atomic mass is 9.68. The van der Waals surface area contributed by atoms with E-state index >= 15 is 0 Å². The van der Waals surface area contributed by atoms with Crippen LogP contribution in [0.2, 0.25) is 5.02 Å². The molecular weight excluding hydrogens is 726 g/mol. The van der Waals surface area contributed by atoms with E-state index in [0.29, 0.717) is 55.0 Å². The summed E-state index contributed by atoms with van der Waals surface area (Å²) in [4.78, 5) is 35.3. The molecule has 11 nitrogen and oxygen atoms in total. The number of methoxy groups -OCH3 is 1. The summed E-state index contributed by atoms with van der Waals surface area (Å²) in [5.74, 6) is 1.19. The maximum atomic E-state index is 14.0. The van der Waals surface area contributed by atoms with E-state index in [4.69, 9.17) is 25.8 Å². The quantitative estimate of drug-likeness (QED) is 0.224. The molecule has 3 aromatic rings. The number of amides is 3. The third-order valence-electron chi connectivity index (χ3n) is 12.0. The smallest absolute Gasteiger partial charge is 0.316 e. The van der Waals surface area contributed by atoms with Gasteiger partial charge in [0.2, 0.25) is 0 Å². The summed E-state index contributed by atoms with van der Waals surface area (Å²) in [6.45, 7) is 4.70. The Balaban J connectivity index is 1.09. The van der Waals surface area contributed by atoms with Crippen LogP contribution in [-0.2, 0) is 31.4 Å². The Morgan fingerprint density at radius 1 is 1.09 bits per heavy atom. The topological polar surface area (TPSA) is 123 Å². The van der Waals surface area contributed by atoms with Crippen LogP contribution in [0.5, 0.6) is 11.5 Å². The monoisotopic (exact) mass is 772 g/mol. The van der Waals surface area contributed by atoms with Gasteiger partial charge in [0, 0.05) is 48.6 Å². The molecule has 3 aliphatic heterocycles. The summed E-state index contributed by atoms with van der Waals surface area (Å²) in [7, 11) is -0.313. The first kappa shape index (κ1) is 36.8. The zero-order valence-corrected chi connectivity index (χ0v) is 32.3. The highest BCUT2D eigenvalue weighted by Gasteiger charge is 2.44. The Morgan fingerprint density at radius 2 is 1.93 bits per heavy atom. The van der Waals surface area contributed by atoms with E-state index in [9.17, 15) is 13.8 Å². The predicted octanol–water partition coefficient (Wildman–Crippen LogP) is 6.93. The van der Waals surface area contributed by atoms with Crippen molar-refractivity contribution in [2.75, 3.05) is 44.8 Å². The van der Waals surface area contributed by atoms with Gasteiger partial charge in [0.25, 0.3) is 5.91 Å². The summed E-state index contributed by atoms with van der Waals surface area (Å²) in [6, 6.07) is 14.8. The molecule has 5 aliphatic rings. The van der Waals surface area contributed by atoms with Gasteiger partial charge in [-0.2, -0.15) is 10.6 Å². The fraction of sp³-hybridized carbons (Fsp3) is 0.488. The van der Waals surface area contributed by atoms with Gasteiger partial charge in [-0.1, -0.05) is 36.7 Å². The number of urea groups is 1. The van der Waals surface area contributed by atoms with Crippen LogP contribution in [0.4, 0.5) is 10.5 Å². The lowest BCUT2D eigenvalue weighted by Gasteiger charge is -2.46. The molecule has 2 fully saturated rings. The molecule has 2 aliphatic carbocycles. The Morgan fingerprint density at radius 3 is 2.70 bits per heavy atom. The third kappa shape index (κ3) is 7.44. The first-order valence-electron chi connectivity index (χ1n) is 19.0. The average molecular weight is 773 g/mol. The van der Waals surface area contributed by atoms with Crippen LogP contribution in [0.15, 0.2) is 77.4 Å². The number of halogens is 1. The minimum atomic E-state index is -2.07. The SMILES string of the molecule is COC1C=CCC(C)C(NC(=O)N2CC(Oc3ccncc3)C2)[S-](=O)=NC(=O)c2ccc3c(c2)N(CC2CCC21)CC1(CCCc2cc(Cl)ccc21)CO3. The molecule has 13 heteroatoms. The fourth-order valence-corrected chi connectivity index (χ4v) is 10.1. The molecule has 1 spiro atoms. The molecule has 4 heterocycles. The Kier molecular flexibility index (Phi) is 10.6. The van der Waals surface area contributed by atoms with Gasteiger partial charge in [-0.25, -0.2) is 4.79 Å². The summed E-state index contributed by atoms with van der Waals surface area (Å²) < 4.78 is 36.9. The van der Waals surface area contributed by atoms with E-state index in [1.54, 1.807) is 42.6 Å². The Bertz CT molecular complexity index is 2000. The van der Waals surface area contributed by atoms with Crippen LogP contribution in [0.1, 0.15) is 60.5 Å². The zero-order valence-electron chi connectivity index (χ0n) is 30.7. The highest BCUT2D eigenvalue weighted by atomic mass is 35.5. The summed E-state index contributed by atoms with van der Waals surface area (Å²) in [5.41, 5.74) is 3.45. The van der Waals surface area contributed by atoms with Gasteiger partial charge in [-0.05, 0) is 115 Å². The minimum absolute atomic E-state index is 0.0902. The van der Waals surface area contributed by atoms with E-state index in [-0.39, 0.29) is 29.6 Å². The van der Waals surface area contributed by atoms with Gasteiger partial charge >= 0.3 is 6.03 Å². The minimum Gasteiger partial charge on any atom is -0.490 e. The number of hydrogen-bond acceptors (Lipinski definition) is 9. The van der Waals surface area contributed by atoms with Gasteiger partial charge in [0.1, 0.15) is 17.6 Å². The molecule has 6 atom stereocenters. The van der Waals surface area contributed by atoms with Gasteiger partial charge in [0.05, 0.1) is 31.5 Å². The van der Waals surface area contributed by atoms with E-state index in [0.717, 1.165) is 55.9 Å². The Hall–Kier alpha value is -4.13. The number of carbonyl (C=O) groups excluding carboxylic acids is 2. The van der Waals surface area contributed by atoms with Gasteiger partial charge in [0.15, 0.2) is 0 Å². The second kappa shape index (κ2) is 15.5. The van der Waals surface area contributed by atoms with Crippen molar-refractivity contribution in [3.63, 3.8) is 0 Å². The second-order valence-electron chi connectivity index (χ2n) is 15.5. The number of benzene rings is 2. The van der Waals surface area contributed by atoms with E-state index in [2.05, 4.69) is 43.8 Å². The lowest BCUT2D eigenvalue weighted by molar-refractivity contribution is 0.0131. The zero-order chi connectivity index (χ0) is 37.4. The maximum Gasteiger partial charge on any atom is 0.316 e. The summed E-state index contributed by atoms with van der Waals surface area (Å²) in [6.07, 6.45) is 12.9. The maximum absolute atomic E-state index is 14.0. The number of hydrogen-bond donors (Lipinski definition) is 1. The number of nitrogens with one attached hydrogen (secondary N) is 1. The van der Waals surface area contributed by atoms with Crippen molar-refractivity contribution in [2.45, 2.75) is 68.4 Å². The molecule has 6 unspecified atom stereocenters. The van der Waals surface area contributed by atoms with Crippen LogP contribution in [0, 0.1) is 17.8 Å². The molecule has 54 heavy (non-hydrogen) atoms. The number of pyridine rings is 1. The van der Waals surface area contributed by atoms with Crippen molar-refractivity contribution >= 4 is 39.8 Å². The van der Waals surface area contributed by atoms with E-state index in [1.807, 2.05) is 25.1 Å². The lowest BCUT2D eigenvalue weighted by Crippen LogP contribution is -2.60. The van der Waals surface area contributed by atoms with Crippen molar-refractivity contribution in [2.24, 2.45) is 22.1 Å². The Labute approximate surface area is 323 Å². The summed E-state index contributed by atoms with van der Waals surface area (Å²) >= 11 is 6.46. The standard InChI is InChI=1S/C41H47ClN5O6S/c1-26-5-3-7-36(51-2)33-11-8-29(33)21-47-24-41(16-4-6-27-19-30(42)10-12-34(27)41)25-52-37-13-9-28(20-35(37)47)38(48)45-54(50)39(26)44-40(49)46-22-32(23-46)53-31-14-17-43-18-15-31/h3,7,9-10,12-15,17-20,26,29,32-33,36,39H,4-6,8,11,16,21-25H2,1-2H3,(H,44,49)/q-1. The average Bonchev–Trinajstić information content (AvgIpc) is 3.29. The van der Waals surface area contributed by atoms with Crippen molar-refractivity contribution in [1.29, 1.82) is 0 Å². The van der Waals surface area contributed by atoms with Crippen LogP contribution in [0.3, 0.4) is 0 Å². The van der Waals surface area contributed by atoms with E-state index < -0.39 is 21.9 Å². The van der Waals surface area contributed by atoms with Crippen molar-refractivity contribution in [1.82, 2.24) is 15.2 Å². The number of aromatic nitrogens is 1. The molecule has 8 rings (SSSR count). The number of fused-ring (bicyclic) bond motifs is 4. The normalized spacial score (nSPS) is 28.7. The molecule has 1 aromatic heterocycles. The molecule has 2 bridgehead atoms. The van der Waals surface area contributed by atoms with Crippen molar-refractivity contribution < 1.29 is 28.0 Å². The number of allylic oxidation sites excluding steroid dienone is 1. The number of aryl methyl sites for hydroxylation is 1. The summed E-state index contributed by atoms with van der Waals surface area (Å²) in [5, 5.41) is 2.78. The third-order valence-corrected chi connectivity index (χ3v) is 13.6. The van der Waals surface area contributed by atoms with Crippen LogP contribution < -0.4 is 19.7 Å². The number of nitrogens with zero attached hydrogens (tertiary/aromatic N) is 4. The van der Waals surface area contributed by atoms with Crippen molar-refractivity contribution in [3.8, 4) is 11.5 Å². The second-order valence-corrected chi connectivity index (χ2v) is 17.2. The first-order valence-corrected chi connectivity index (χ1v) is 20.5. The fourth-order valence-electron chi connectivity index (χ4n) is 8.81. The molecule has 0 radical (unpaired) electrons. The van der Waals surface area contributed by atoms with Crippen LogP contribution in [-0.4, -0.2) is 79.3 Å². The van der Waals surface area contributed by atoms with Crippen LogP contribution in [0.25, 0.3) is 0 Å². The first-order chi connectivity index (χ1) is 26.2. The van der Waals surface area contributed by atoms with Crippen LogP contribution >= 0.6 is 11.6 Å².